The zero-order valence-electron chi connectivity index (χ0n) is 17.4. The van der Waals surface area contributed by atoms with Crippen LogP contribution in [0.15, 0.2) is 54.6 Å². The van der Waals surface area contributed by atoms with Gasteiger partial charge in [0.15, 0.2) is 18.1 Å². The Balaban J connectivity index is 1.68. The van der Waals surface area contributed by atoms with Gasteiger partial charge >= 0.3 is 5.97 Å². The molecular formula is C24H22FNO5. The average Bonchev–Trinajstić information content (AvgIpc) is 3.05. The molecule has 0 aliphatic rings. The van der Waals surface area contributed by atoms with Gasteiger partial charge in [-0.05, 0) is 55.8 Å². The normalized spacial score (nSPS) is 11.0. The number of Topliss-reactive ketones (excluding diaryl/α,β-unsaturated/α-hetero) is 1. The molecule has 6 nitrogen and oxygen atoms in total. The number of aromatic hydroxyl groups is 1. The molecule has 0 amide bonds. The molecule has 1 N–H and O–H groups in total. The minimum Gasteiger partial charge on any atom is -0.504 e. The van der Waals surface area contributed by atoms with Gasteiger partial charge in [0.1, 0.15) is 5.82 Å². The Hall–Kier alpha value is -3.87. The van der Waals surface area contributed by atoms with Crippen LogP contribution in [0.5, 0.6) is 11.5 Å². The molecule has 0 unspecified atom stereocenters. The molecule has 0 spiro atoms. The van der Waals surface area contributed by atoms with Crippen molar-refractivity contribution in [3.63, 3.8) is 0 Å². The van der Waals surface area contributed by atoms with Gasteiger partial charge in [-0.25, -0.2) is 9.18 Å². The molecule has 0 aliphatic carbocycles. The van der Waals surface area contributed by atoms with Crippen molar-refractivity contribution >= 4 is 17.8 Å². The maximum Gasteiger partial charge on any atom is 0.331 e. The van der Waals surface area contributed by atoms with Crippen LogP contribution in [-0.2, 0) is 9.53 Å². The number of hydrogen-bond acceptors (Lipinski definition) is 5. The molecule has 2 aromatic carbocycles. The van der Waals surface area contributed by atoms with Crippen molar-refractivity contribution in [3.8, 4) is 17.2 Å². The van der Waals surface area contributed by atoms with Gasteiger partial charge in [0.05, 0.1) is 12.8 Å². The molecule has 7 heteroatoms. The molecule has 1 aromatic heterocycles. The van der Waals surface area contributed by atoms with Gasteiger partial charge in [-0.1, -0.05) is 18.2 Å². The summed E-state index contributed by atoms with van der Waals surface area (Å²) >= 11 is 0. The lowest BCUT2D eigenvalue weighted by Gasteiger charge is -2.10. The second-order valence-electron chi connectivity index (χ2n) is 6.87. The second-order valence-corrected chi connectivity index (χ2v) is 6.87. The maximum atomic E-state index is 14.2. The van der Waals surface area contributed by atoms with Crippen molar-refractivity contribution in [2.75, 3.05) is 13.7 Å². The number of benzene rings is 2. The van der Waals surface area contributed by atoms with E-state index in [1.54, 1.807) is 54.8 Å². The summed E-state index contributed by atoms with van der Waals surface area (Å²) in [7, 11) is 1.42. The Morgan fingerprint density at radius 3 is 2.58 bits per heavy atom. The summed E-state index contributed by atoms with van der Waals surface area (Å²) in [4.78, 5) is 24.6. The molecule has 3 rings (SSSR count). The molecule has 0 saturated heterocycles. The molecule has 0 saturated carbocycles. The number of carbonyl (C=O) groups excluding carboxylic acids is 2. The number of carbonyl (C=O) groups is 2. The summed E-state index contributed by atoms with van der Waals surface area (Å²) in [5.74, 6) is -1.21. The van der Waals surface area contributed by atoms with Gasteiger partial charge in [0.2, 0.25) is 5.78 Å². The van der Waals surface area contributed by atoms with E-state index in [9.17, 15) is 19.1 Å². The lowest BCUT2D eigenvalue weighted by molar-refractivity contribution is -0.136. The highest BCUT2D eigenvalue weighted by molar-refractivity contribution is 6.00. The van der Waals surface area contributed by atoms with Gasteiger partial charge in [0, 0.05) is 23.0 Å². The number of ketones is 1. The highest BCUT2D eigenvalue weighted by atomic mass is 19.1. The van der Waals surface area contributed by atoms with Crippen LogP contribution in [0.25, 0.3) is 11.8 Å². The quantitative estimate of drug-likeness (QED) is 0.347. The smallest absolute Gasteiger partial charge is 0.331 e. The van der Waals surface area contributed by atoms with Crippen molar-refractivity contribution in [2.45, 2.75) is 13.8 Å². The number of esters is 1. The second kappa shape index (κ2) is 9.30. The molecule has 31 heavy (non-hydrogen) atoms. The number of hydrogen-bond donors (Lipinski definition) is 1. The number of ether oxygens (including phenoxy) is 2. The Morgan fingerprint density at radius 1 is 1.13 bits per heavy atom. The van der Waals surface area contributed by atoms with Crippen LogP contribution in [0, 0.1) is 19.7 Å². The molecule has 0 radical (unpaired) electrons. The fraction of sp³-hybridized carbons (Fsp3) is 0.167. The van der Waals surface area contributed by atoms with E-state index in [4.69, 9.17) is 9.47 Å². The maximum absolute atomic E-state index is 14.2. The van der Waals surface area contributed by atoms with E-state index in [1.165, 1.54) is 31.4 Å². The monoisotopic (exact) mass is 423 g/mol. The Bertz CT molecular complexity index is 1160. The van der Waals surface area contributed by atoms with Crippen LogP contribution in [0.4, 0.5) is 4.39 Å². The van der Waals surface area contributed by atoms with Gasteiger partial charge in [0.25, 0.3) is 0 Å². The predicted octanol–water partition coefficient (Wildman–Crippen LogP) is 4.39. The molecule has 0 bridgehead atoms. The first-order valence-electron chi connectivity index (χ1n) is 9.50. The topological polar surface area (TPSA) is 77.8 Å². The molecule has 0 atom stereocenters. The highest BCUT2D eigenvalue weighted by Crippen LogP contribution is 2.27. The molecule has 160 valence electrons. The largest absolute Gasteiger partial charge is 0.504 e. The minimum absolute atomic E-state index is 0.0131. The van der Waals surface area contributed by atoms with E-state index >= 15 is 0 Å². The Kier molecular flexibility index (Phi) is 6.55. The predicted molar refractivity (Wildman–Crippen MR) is 114 cm³/mol. The highest BCUT2D eigenvalue weighted by Gasteiger charge is 2.19. The lowest BCUT2D eigenvalue weighted by atomic mass is 10.1. The molecule has 0 fully saturated rings. The summed E-state index contributed by atoms with van der Waals surface area (Å²) in [6.45, 7) is 3.05. The van der Waals surface area contributed by atoms with Crippen molar-refractivity contribution in [2.24, 2.45) is 0 Å². The summed E-state index contributed by atoms with van der Waals surface area (Å²) in [6.07, 6.45) is 2.67. The number of methoxy groups -OCH3 is 1. The standard InChI is InChI=1S/C24H22FNO5/c1-15-12-18(16(2)26(15)20-7-5-4-6-19(20)25)22(28)14-31-24(29)11-9-17-8-10-21(27)23(13-17)30-3/h4-13,27H,14H2,1-3H3/b11-9+. The van der Waals surface area contributed by atoms with Crippen molar-refractivity contribution in [3.05, 3.63) is 82.9 Å². The third-order valence-corrected chi connectivity index (χ3v) is 4.79. The number of nitrogens with zero attached hydrogens (tertiary/aromatic N) is 1. The fourth-order valence-electron chi connectivity index (χ4n) is 3.27. The van der Waals surface area contributed by atoms with Crippen LogP contribution >= 0.6 is 0 Å². The SMILES string of the molecule is COc1cc(/C=C/C(=O)OCC(=O)c2cc(C)n(-c3ccccc3F)c2C)ccc1O. The van der Waals surface area contributed by atoms with Crippen LogP contribution < -0.4 is 4.74 Å². The Labute approximate surface area is 179 Å². The summed E-state index contributed by atoms with van der Waals surface area (Å²) in [5, 5.41) is 9.60. The third-order valence-electron chi connectivity index (χ3n) is 4.79. The van der Waals surface area contributed by atoms with Crippen molar-refractivity contribution < 1.29 is 28.6 Å². The first kappa shape index (κ1) is 21.8. The van der Waals surface area contributed by atoms with Crippen molar-refractivity contribution in [1.82, 2.24) is 4.57 Å². The van der Waals surface area contributed by atoms with Crippen LogP contribution in [0.3, 0.4) is 0 Å². The Morgan fingerprint density at radius 2 is 1.87 bits per heavy atom. The molecule has 3 aromatic rings. The van der Waals surface area contributed by atoms with E-state index < -0.39 is 18.4 Å². The number of para-hydroxylation sites is 1. The van der Waals surface area contributed by atoms with E-state index in [-0.39, 0.29) is 17.3 Å². The van der Waals surface area contributed by atoms with E-state index in [2.05, 4.69) is 0 Å². The number of phenolic OH excluding ortho intramolecular Hbond substituents is 1. The summed E-state index contributed by atoms with van der Waals surface area (Å²) in [6, 6.07) is 12.6. The molecule has 0 aliphatic heterocycles. The van der Waals surface area contributed by atoms with E-state index in [0.29, 0.717) is 28.2 Å². The zero-order chi connectivity index (χ0) is 22.5. The molecule has 1 heterocycles. The van der Waals surface area contributed by atoms with Crippen molar-refractivity contribution in [1.29, 1.82) is 0 Å². The van der Waals surface area contributed by atoms with Crippen LogP contribution in [-0.4, -0.2) is 35.1 Å². The summed E-state index contributed by atoms with van der Waals surface area (Å²) in [5.41, 5.74) is 2.58. The number of rotatable bonds is 7. The first-order chi connectivity index (χ1) is 14.8. The van der Waals surface area contributed by atoms with Gasteiger partial charge < -0.3 is 19.1 Å². The van der Waals surface area contributed by atoms with E-state index in [0.717, 1.165) is 0 Å². The summed E-state index contributed by atoms with van der Waals surface area (Å²) < 4.78 is 25.9. The number of aryl methyl sites for hydroxylation is 1. The molecular weight excluding hydrogens is 401 g/mol. The van der Waals surface area contributed by atoms with Gasteiger partial charge in [-0.3, -0.25) is 4.79 Å². The first-order valence-corrected chi connectivity index (χ1v) is 9.50. The lowest BCUT2D eigenvalue weighted by Crippen LogP contribution is -2.13. The van der Waals surface area contributed by atoms with Gasteiger partial charge in [-0.2, -0.15) is 0 Å². The van der Waals surface area contributed by atoms with Crippen LogP contribution in [0.1, 0.15) is 27.3 Å². The number of phenols is 1. The number of halogens is 1. The third kappa shape index (κ3) is 4.83. The average molecular weight is 423 g/mol. The number of aromatic nitrogens is 1. The zero-order valence-corrected chi connectivity index (χ0v) is 17.4. The van der Waals surface area contributed by atoms with Gasteiger partial charge in [-0.15, -0.1) is 0 Å². The van der Waals surface area contributed by atoms with Crippen LogP contribution in [0.2, 0.25) is 0 Å². The van der Waals surface area contributed by atoms with E-state index in [1.807, 2.05) is 0 Å². The minimum atomic E-state index is -0.691. The fourth-order valence-corrected chi connectivity index (χ4v) is 3.27.